The number of para-hydroxylation sites is 1. The number of alkyl carbamates (subject to hydrolysis) is 1. The zero-order valence-corrected chi connectivity index (χ0v) is 57.1. The minimum Gasteiger partial charge on any atom is -0.479 e. The number of anilines is 3. The van der Waals surface area contributed by atoms with Crippen LogP contribution in [0.3, 0.4) is 0 Å². The van der Waals surface area contributed by atoms with Gasteiger partial charge in [0.2, 0.25) is 17.7 Å². The van der Waals surface area contributed by atoms with Gasteiger partial charge in [0.1, 0.15) is 25.0 Å². The van der Waals surface area contributed by atoms with Crippen LogP contribution in [0.4, 0.5) is 21.4 Å². The van der Waals surface area contributed by atoms with Gasteiger partial charge < -0.3 is 76.1 Å². The molecule has 7 amide bonds. The third-order valence-electron chi connectivity index (χ3n) is 18.8. The number of aromatic nitrogens is 4. The molecule has 3 aliphatic heterocycles. The highest BCUT2D eigenvalue weighted by Gasteiger charge is 2.58. The van der Waals surface area contributed by atoms with E-state index in [1.165, 1.54) is 11.3 Å². The highest BCUT2D eigenvalue weighted by molar-refractivity contribution is 7.22. The number of hydrogen-bond donors (Lipinski definition) is 11. The lowest BCUT2D eigenvalue weighted by molar-refractivity contribution is -0.193. The first-order valence-electron chi connectivity index (χ1n) is 32.9. The Labute approximate surface area is 575 Å². The van der Waals surface area contributed by atoms with Crippen molar-refractivity contribution in [1.82, 2.24) is 45.7 Å². The standard InChI is InChI=1S/C69H85N13O16S/c1-38(2)56(78-53(86)29-82-54(87)18-19-55(82)88)60(89)72-27-52(85)75-42-14-12-41(40(24-42)13-16-49-47(83)25-48(84)59(98-49)63(93)94)30-96-65(95)71-20-23-97-69-32-66(4,5)31-67(6,34-69)33-68(7,35-69)36-73-39(3)44(26-70)43-15-17-51(77-57(43)62(91)92)80-21-22-81-37-74-58(46(81)28-80)61(90)79-64-76-45-10-8-9-11-50(45)99-64/h8-12,14-15,17-19,24,26,37-38,47-49,56,59,70,73,83-84H,13,16,20-23,25,27-36H2,1-7H3,(H,71,95)(H,72,89)(H,75,85)(H,78,86)(H,91,92)(H,93,94)(H,76,79,90)/b44-39+,70-26?/t47-,48+,49+,56?,59+,67?,68?,69?/m1/s1. The quantitative estimate of drug-likeness (QED) is 0.0174. The fraction of sp³-hybridized carbons (Fsp3) is 0.493. The van der Waals surface area contributed by atoms with Crippen LogP contribution in [0.25, 0.3) is 15.8 Å². The van der Waals surface area contributed by atoms with Crippen molar-refractivity contribution >= 4 is 103 Å². The fourth-order valence-electron chi connectivity index (χ4n) is 15.3. The molecule has 528 valence electrons. The number of nitrogens with zero attached hydrogens (tertiary/aromatic N) is 6. The van der Waals surface area contributed by atoms with Crippen LogP contribution >= 0.6 is 11.3 Å². The van der Waals surface area contributed by atoms with E-state index in [0.717, 1.165) is 59.2 Å². The minimum atomic E-state index is -1.58. The van der Waals surface area contributed by atoms with Crippen molar-refractivity contribution in [3.63, 3.8) is 0 Å². The van der Waals surface area contributed by atoms with Crippen LogP contribution in [-0.2, 0) is 69.1 Å². The number of amides is 7. The van der Waals surface area contributed by atoms with Crippen molar-refractivity contribution in [2.45, 2.75) is 156 Å². The van der Waals surface area contributed by atoms with E-state index in [9.17, 15) is 63.6 Å². The Morgan fingerprint density at radius 1 is 0.848 bits per heavy atom. The number of aliphatic hydroxyl groups is 2. The number of aryl methyl sites for hydroxylation is 1. The lowest BCUT2D eigenvalue weighted by Gasteiger charge is -2.61. The number of aliphatic hydroxyl groups excluding tert-OH is 2. The van der Waals surface area contributed by atoms with Crippen LogP contribution < -0.4 is 36.8 Å². The number of fused-ring (bicyclic) bond motifs is 4. The van der Waals surface area contributed by atoms with Crippen LogP contribution in [0.1, 0.15) is 137 Å². The summed E-state index contributed by atoms with van der Waals surface area (Å²) in [7, 11) is 0. The van der Waals surface area contributed by atoms with Crippen LogP contribution in [0.2, 0.25) is 0 Å². The number of ether oxygens (including phenoxy) is 3. The maximum atomic E-state index is 13.6. The molecule has 4 unspecified atom stereocenters. The first-order valence-corrected chi connectivity index (χ1v) is 33.7. The summed E-state index contributed by atoms with van der Waals surface area (Å²) >= 11 is 1.36. The number of benzene rings is 2. The summed E-state index contributed by atoms with van der Waals surface area (Å²) in [6.07, 6.45) is 2.73. The molecule has 2 bridgehead atoms. The summed E-state index contributed by atoms with van der Waals surface area (Å²) in [5.74, 6) is -6.60. The number of aliphatic carboxylic acids is 1. The SMILES string of the molecule is C/C(NCC1(C)CC2(C)CC(C)(C)CC(OCCNC(=O)OCc3ccc(NC(=O)CNC(=O)C(NC(=O)CN4C(=O)C=CC4=O)C(C)C)cc3CC[C@@H]3O[C@H](C(=O)O)[C@@H](O)C[C@H]3O)(C1)C2)=C(/C=N)c1ccc(N2CCn3cnc(C(=O)Nc4nc5ccccc5s4)c3C2)nc1C(=O)O. The van der Waals surface area contributed by atoms with Gasteiger partial charge in [0, 0.05) is 73.5 Å². The molecule has 5 aliphatic rings. The van der Waals surface area contributed by atoms with Gasteiger partial charge in [-0.25, -0.2) is 29.3 Å². The Hall–Kier alpha value is -9.49. The molecule has 6 heterocycles. The van der Waals surface area contributed by atoms with E-state index in [-0.39, 0.29) is 84.4 Å². The van der Waals surface area contributed by atoms with Crippen LogP contribution in [-0.4, -0.2) is 180 Å². The predicted molar refractivity (Wildman–Crippen MR) is 363 cm³/mol. The third-order valence-corrected chi connectivity index (χ3v) is 19.7. The molecule has 99 heavy (non-hydrogen) atoms. The molecule has 2 saturated carbocycles. The van der Waals surface area contributed by atoms with Crippen LogP contribution in [0.15, 0.2) is 78.8 Å². The van der Waals surface area contributed by atoms with E-state index in [0.29, 0.717) is 65.1 Å². The van der Waals surface area contributed by atoms with Gasteiger partial charge in [-0.3, -0.25) is 39.0 Å². The number of pyridine rings is 1. The number of carbonyl (C=O) groups is 9. The lowest BCUT2D eigenvalue weighted by atomic mass is 9.48. The highest BCUT2D eigenvalue weighted by atomic mass is 32.1. The summed E-state index contributed by atoms with van der Waals surface area (Å²) in [5.41, 5.74) is 2.72. The molecule has 10 rings (SSSR count). The van der Waals surface area contributed by atoms with Gasteiger partial charge in [0.05, 0.1) is 65.8 Å². The molecule has 8 atom stereocenters. The topological polar surface area (TPSA) is 408 Å². The monoisotopic (exact) mass is 1380 g/mol. The van der Waals surface area contributed by atoms with E-state index in [1.807, 2.05) is 40.7 Å². The maximum Gasteiger partial charge on any atom is 0.407 e. The second-order valence-corrected chi connectivity index (χ2v) is 29.2. The van der Waals surface area contributed by atoms with Crippen molar-refractivity contribution in [2.24, 2.45) is 22.2 Å². The van der Waals surface area contributed by atoms with Crippen molar-refractivity contribution < 1.29 is 77.8 Å². The van der Waals surface area contributed by atoms with E-state index < -0.39 is 109 Å². The lowest BCUT2D eigenvalue weighted by Crippen LogP contribution is -2.58. The Morgan fingerprint density at radius 2 is 1.61 bits per heavy atom. The fourth-order valence-corrected chi connectivity index (χ4v) is 16.1. The molecule has 2 aromatic carbocycles. The number of carboxylic acids is 2. The van der Waals surface area contributed by atoms with E-state index in [4.69, 9.17) is 19.6 Å². The molecule has 5 aromatic rings. The van der Waals surface area contributed by atoms with E-state index in [2.05, 4.69) is 74.5 Å². The predicted octanol–water partition coefficient (Wildman–Crippen LogP) is 5.54. The number of imide groups is 1. The van der Waals surface area contributed by atoms with Crippen molar-refractivity contribution in [3.05, 3.63) is 113 Å². The minimum absolute atomic E-state index is 0.0596. The van der Waals surface area contributed by atoms with Crippen molar-refractivity contribution in [3.8, 4) is 0 Å². The number of rotatable bonds is 27. The number of allylic oxidation sites excluding steroid dienone is 2. The summed E-state index contributed by atoms with van der Waals surface area (Å²) < 4.78 is 21.1. The number of thiazole rings is 1. The summed E-state index contributed by atoms with van der Waals surface area (Å²) in [6, 6.07) is 14.6. The van der Waals surface area contributed by atoms with E-state index in [1.54, 1.807) is 50.5 Å². The van der Waals surface area contributed by atoms with Gasteiger partial charge in [-0.1, -0.05) is 71.1 Å². The Morgan fingerprint density at radius 3 is 2.32 bits per heavy atom. The maximum absolute atomic E-state index is 13.6. The largest absolute Gasteiger partial charge is 0.479 e. The number of carbonyl (C=O) groups excluding carboxylic acids is 7. The Bertz CT molecular complexity index is 4000. The van der Waals surface area contributed by atoms with Crippen LogP contribution in [0, 0.1) is 27.6 Å². The Kier molecular flexibility index (Phi) is 21.8. The number of nitrogens with one attached hydrogen (secondary N) is 7. The molecule has 2 aliphatic carbocycles. The highest BCUT2D eigenvalue weighted by Crippen LogP contribution is 2.63. The average molecular weight is 1380 g/mol. The summed E-state index contributed by atoms with van der Waals surface area (Å²) in [5, 5.41) is 67.5. The molecule has 0 spiro atoms. The molecule has 1 saturated heterocycles. The van der Waals surface area contributed by atoms with Crippen LogP contribution in [0.5, 0.6) is 0 Å². The first-order chi connectivity index (χ1) is 46.9. The van der Waals surface area contributed by atoms with Gasteiger partial charge in [-0.15, -0.1) is 0 Å². The normalized spacial score (nSPS) is 23.7. The zero-order valence-electron chi connectivity index (χ0n) is 56.3. The molecule has 30 heteroatoms. The third kappa shape index (κ3) is 17.3. The second-order valence-electron chi connectivity index (χ2n) is 28.2. The molecule has 11 N–H and O–H groups in total. The van der Waals surface area contributed by atoms with Gasteiger partial charge in [0.15, 0.2) is 22.6 Å². The van der Waals surface area contributed by atoms with Gasteiger partial charge in [-0.2, -0.15) is 0 Å². The number of carboxylic acid groups (broad SMARTS) is 2. The molecule has 29 nitrogen and oxygen atoms in total. The second kappa shape index (κ2) is 29.9. The number of hydrogen-bond acceptors (Lipinski definition) is 21. The van der Waals surface area contributed by atoms with Crippen molar-refractivity contribution in [1.29, 1.82) is 5.41 Å². The first kappa shape index (κ1) is 72.3. The molecular weight excluding hydrogens is 1300 g/mol. The van der Waals surface area contributed by atoms with Crippen molar-refractivity contribution in [2.75, 3.05) is 54.9 Å². The molecule has 3 fully saturated rings. The zero-order chi connectivity index (χ0) is 71.3. The summed E-state index contributed by atoms with van der Waals surface area (Å²) in [6.45, 7) is 14.6. The van der Waals surface area contributed by atoms with E-state index >= 15 is 0 Å². The summed E-state index contributed by atoms with van der Waals surface area (Å²) in [4.78, 5) is 132. The molecule has 0 radical (unpaired) electrons. The Balaban J connectivity index is 0.752. The number of imidazole rings is 1. The van der Waals surface area contributed by atoms with Gasteiger partial charge in [-0.05, 0) is 122 Å². The molecular formula is C69H85N13O16S. The molecule has 3 aromatic heterocycles. The smallest absolute Gasteiger partial charge is 0.407 e. The average Bonchev–Trinajstić information content (AvgIpc) is 1.30. The number of aromatic carboxylic acids is 1. The van der Waals surface area contributed by atoms with Gasteiger partial charge >= 0.3 is 18.0 Å². The van der Waals surface area contributed by atoms with Gasteiger partial charge in [0.25, 0.3) is 17.7 Å².